The third-order valence-corrected chi connectivity index (χ3v) is 4.53. The lowest BCUT2D eigenvalue weighted by Gasteiger charge is -2.38. The van der Waals surface area contributed by atoms with E-state index in [0.29, 0.717) is 5.41 Å². The lowest BCUT2D eigenvalue weighted by molar-refractivity contribution is 0.181. The van der Waals surface area contributed by atoms with E-state index in [0.717, 1.165) is 12.0 Å². The van der Waals surface area contributed by atoms with Crippen molar-refractivity contribution in [3.8, 4) is 0 Å². The minimum atomic E-state index is 0.563. The highest BCUT2D eigenvalue weighted by molar-refractivity contribution is 4.95. The van der Waals surface area contributed by atoms with Crippen molar-refractivity contribution in [2.45, 2.75) is 58.4 Å². The molecule has 94 valence electrons. The quantitative estimate of drug-likeness (QED) is 0.724. The Kier molecular flexibility index (Phi) is 4.26. The van der Waals surface area contributed by atoms with Crippen LogP contribution in [0.4, 0.5) is 0 Å². The molecular formula is C14H28N2. The Balaban J connectivity index is 1.78. The van der Waals surface area contributed by atoms with E-state index in [9.17, 15) is 0 Å². The number of rotatable bonds is 6. The Morgan fingerprint density at radius 1 is 1.38 bits per heavy atom. The molecule has 0 aromatic carbocycles. The molecule has 1 aliphatic heterocycles. The maximum atomic E-state index is 3.81. The molecule has 2 N–H and O–H groups in total. The fourth-order valence-electron chi connectivity index (χ4n) is 3.31. The molecule has 3 unspecified atom stereocenters. The topological polar surface area (TPSA) is 24.1 Å². The number of nitrogens with one attached hydrogen (secondary N) is 2. The molecule has 1 aliphatic carbocycles. The highest BCUT2D eigenvalue weighted by Crippen LogP contribution is 2.36. The Bertz CT molecular complexity index is 203. The summed E-state index contributed by atoms with van der Waals surface area (Å²) in [7, 11) is 0. The van der Waals surface area contributed by atoms with Gasteiger partial charge in [0.25, 0.3) is 0 Å². The van der Waals surface area contributed by atoms with Gasteiger partial charge in [-0.25, -0.2) is 0 Å². The third kappa shape index (κ3) is 2.98. The number of hydrogen-bond donors (Lipinski definition) is 2. The minimum Gasteiger partial charge on any atom is -0.316 e. The highest BCUT2D eigenvalue weighted by atomic mass is 15.0. The van der Waals surface area contributed by atoms with Gasteiger partial charge in [0.15, 0.2) is 0 Å². The van der Waals surface area contributed by atoms with Crippen LogP contribution in [0.2, 0.25) is 0 Å². The van der Waals surface area contributed by atoms with Crippen molar-refractivity contribution in [1.29, 1.82) is 0 Å². The Morgan fingerprint density at radius 3 is 2.81 bits per heavy atom. The molecule has 2 rings (SSSR count). The van der Waals surface area contributed by atoms with Gasteiger partial charge in [-0.1, -0.05) is 26.7 Å². The molecule has 2 aliphatic rings. The lowest BCUT2D eigenvalue weighted by atomic mass is 9.77. The fraction of sp³-hybridized carbons (Fsp3) is 1.00. The monoisotopic (exact) mass is 224 g/mol. The van der Waals surface area contributed by atoms with Gasteiger partial charge in [-0.2, -0.15) is 0 Å². The lowest BCUT2D eigenvalue weighted by Crippen LogP contribution is -2.46. The molecule has 0 aromatic heterocycles. The van der Waals surface area contributed by atoms with Gasteiger partial charge in [0, 0.05) is 19.1 Å². The van der Waals surface area contributed by atoms with Crippen molar-refractivity contribution in [3.05, 3.63) is 0 Å². The van der Waals surface area contributed by atoms with Crippen molar-refractivity contribution in [1.82, 2.24) is 10.6 Å². The molecule has 0 aromatic rings. The second kappa shape index (κ2) is 5.50. The van der Waals surface area contributed by atoms with Crippen LogP contribution in [0.5, 0.6) is 0 Å². The molecule has 2 nitrogen and oxygen atoms in total. The van der Waals surface area contributed by atoms with Gasteiger partial charge in [-0.15, -0.1) is 0 Å². The van der Waals surface area contributed by atoms with Gasteiger partial charge in [0.1, 0.15) is 0 Å². The predicted octanol–water partition coefficient (Wildman–Crippen LogP) is 2.54. The first-order valence-electron chi connectivity index (χ1n) is 7.24. The van der Waals surface area contributed by atoms with Crippen LogP contribution in [0, 0.1) is 11.3 Å². The van der Waals surface area contributed by atoms with E-state index in [1.807, 2.05) is 0 Å². The van der Waals surface area contributed by atoms with Gasteiger partial charge < -0.3 is 10.6 Å². The van der Waals surface area contributed by atoms with Crippen LogP contribution in [0.1, 0.15) is 52.4 Å². The third-order valence-electron chi connectivity index (χ3n) is 4.53. The molecule has 0 radical (unpaired) electrons. The average molecular weight is 224 g/mol. The molecule has 2 fully saturated rings. The van der Waals surface area contributed by atoms with Crippen molar-refractivity contribution >= 4 is 0 Å². The minimum absolute atomic E-state index is 0.563. The van der Waals surface area contributed by atoms with E-state index in [2.05, 4.69) is 24.5 Å². The normalized spacial score (nSPS) is 38.6. The maximum absolute atomic E-state index is 3.81. The Morgan fingerprint density at radius 2 is 2.25 bits per heavy atom. The fourth-order valence-corrected chi connectivity index (χ4v) is 3.31. The molecule has 0 amide bonds. The van der Waals surface area contributed by atoms with Crippen LogP contribution in [0.3, 0.4) is 0 Å². The van der Waals surface area contributed by atoms with Crippen molar-refractivity contribution < 1.29 is 0 Å². The van der Waals surface area contributed by atoms with Gasteiger partial charge in [-0.3, -0.25) is 0 Å². The van der Waals surface area contributed by atoms with Crippen LogP contribution >= 0.6 is 0 Å². The first kappa shape index (κ1) is 12.4. The van der Waals surface area contributed by atoms with Gasteiger partial charge in [-0.05, 0) is 43.6 Å². The van der Waals surface area contributed by atoms with Gasteiger partial charge in [0.05, 0.1) is 0 Å². The van der Waals surface area contributed by atoms with E-state index in [-0.39, 0.29) is 0 Å². The zero-order valence-electron chi connectivity index (χ0n) is 11.0. The van der Waals surface area contributed by atoms with E-state index < -0.39 is 0 Å². The zero-order chi connectivity index (χ0) is 11.4. The Labute approximate surface area is 101 Å². The molecule has 1 saturated carbocycles. The Hall–Kier alpha value is -0.0800. The number of hydrogen-bond acceptors (Lipinski definition) is 2. The van der Waals surface area contributed by atoms with Crippen LogP contribution in [-0.4, -0.2) is 25.7 Å². The predicted molar refractivity (Wildman–Crippen MR) is 69.6 cm³/mol. The molecule has 16 heavy (non-hydrogen) atoms. The highest BCUT2D eigenvalue weighted by Gasteiger charge is 2.38. The van der Waals surface area contributed by atoms with Gasteiger partial charge in [0.2, 0.25) is 0 Å². The smallest absolute Gasteiger partial charge is 0.00992 e. The summed E-state index contributed by atoms with van der Waals surface area (Å²) in [5, 5.41) is 7.40. The second-order valence-electron chi connectivity index (χ2n) is 5.92. The van der Waals surface area contributed by atoms with Gasteiger partial charge >= 0.3 is 0 Å². The molecule has 0 spiro atoms. The summed E-state index contributed by atoms with van der Waals surface area (Å²) in [5.41, 5.74) is 0.563. The van der Waals surface area contributed by atoms with Crippen LogP contribution in [-0.2, 0) is 0 Å². The first-order chi connectivity index (χ1) is 7.79. The summed E-state index contributed by atoms with van der Waals surface area (Å²) in [6, 6.07) is 0.848. The van der Waals surface area contributed by atoms with Crippen LogP contribution in [0.25, 0.3) is 0 Å². The summed E-state index contributed by atoms with van der Waals surface area (Å²) < 4.78 is 0. The average Bonchev–Trinajstić information content (AvgIpc) is 3.07. The van der Waals surface area contributed by atoms with Crippen molar-refractivity contribution in [3.63, 3.8) is 0 Å². The van der Waals surface area contributed by atoms with Crippen LogP contribution < -0.4 is 10.6 Å². The SMILES string of the molecule is CCCC1(CNC2CC2CC)CCCNC1. The van der Waals surface area contributed by atoms with Crippen molar-refractivity contribution in [2.24, 2.45) is 11.3 Å². The van der Waals surface area contributed by atoms with E-state index in [4.69, 9.17) is 0 Å². The standard InChI is InChI=1S/C14H28N2/c1-3-6-14(7-5-8-15-10-14)11-16-13-9-12(13)4-2/h12-13,15-16H,3-11H2,1-2H3. The van der Waals surface area contributed by atoms with E-state index in [1.54, 1.807) is 0 Å². The molecule has 0 bridgehead atoms. The first-order valence-corrected chi connectivity index (χ1v) is 7.24. The summed E-state index contributed by atoms with van der Waals surface area (Å²) in [6.45, 7) is 8.34. The molecule has 1 heterocycles. The summed E-state index contributed by atoms with van der Waals surface area (Å²) in [5.74, 6) is 0.982. The van der Waals surface area contributed by atoms with E-state index in [1.165, 1.54) is 58.2 Å². The maximum Gasteiger partial charge on any atom is 0.00992 e. The number of piperidine rings is 1. The van der Waals surface area contributed by atoms with Crippen LogP contribution in [0.15, 0.2) is 0 Å². The summed E-state index contributed by atoms with van der Waals surface area (Å²) in [4.78, 5) is 0. The zero-order valence-corrected chi connectivity index (χ0v) is 11.0. The molecule has 3 atom stereocenters. The van der Waals surface area contributed by atoms with E-state index >= 15 is 0 Å². The second-order valence-corrected chi connectivity index (χ2v) is 5.92. The molecule has 2 heteroatoms. The molecule has 1 saturated heterocycles. The summed E-state index contributed by atoms with van der Waals surface area (Å²) >= 11 is 0. The molecular weight excluding hydrogens is 196 g/mol. The largest absolute Gasteiger partial charge is 0.316 e. The van der Waals surface area contributed by atoms with Crippen molar-refractivity contribution in [2.75, 3.05) is 19.6 Å². The summed E-state index contributed by atoms with van der Waals surface area (Å²) in [6.07, 6.45) is 8.28.